The molecular weight excluding hydrogens is 319 g/mol. The van der Waals surface area contributed by atoms with Gasteiger partial charge in [0.05, 0.1) is 6.61 Å². The van der Waals surface area contributed by atoms with Crippen molar-refractivity contribution >= 4 is 10.2 Å². The molecule has 0 unspecified atom stereocenters. The van der Waals surface area contributed by atoms with E-state index in [0.29, 0.717) is 12.4 Å². The smallest absolute Gasteiger partial charge is 0.305 e. The highest BCUT2D eigenvalue weighted by Gasteiger charge is 2.26. The molecule has 1 aromatic heterocycles. The van der Waals surface area contributed by atoms with Gasteiger partial charge in [0.25, 0.3) is 0 Å². The summed E-state index contributed by atoms with van der Waals surface area (Å²) < 4.78 is 41.4. The fraction of sp³-hybridized carbons (Fsp3) is 0.375. The topological polar surface area (TPSA) is 69.2 Å². The highest BCUT2D eigenvalue weighted by Crippen LogP contribution is 2.14. The normalized spacial score (nSPS) is 13.0. The van der Waals surface area contributed by atoms with Crippen LogP contribution in [-0.2, 0) is 28.0 Å². The van der Waals surface area contributed by atoms with Crippen LogP contribution in [0.1, 0.15) is 23.4 Å². The van der Waals surface area contributed by atoms with E-state index in [1.165, 1.54) is 0 Å². The van der Waals surface area contributed by atoms with E-state index in [9.17, 15) is 12.3 Å². The van der Waals surface area contributed by atoms with Crippen LogP contribution in [0.3, 0.4) is 0 Å². The molecule has 1 heterocycles. The van der Waals surface area contributed by atoms with Crippen LogP contribution >= 0.6 is 0 Å². The molecule has 0 spiro atoms. The fourth-order valence-electron chi connectivity index (χ4n) is 2.05. The number of aromatic nitrogens is 2. The minimum absolute atomic E-state index is 0.0584. The second-order valence-electron chi connectivity index (χ2n) is 5.31. The minimum atomic E-state index is -4.68. The average Bonchev–Trinajstić information content (AvgIpc) is 2.52. The van der Waals surface area contributed by atoms with E-state index in [-0.39, 0.29) is 19.4 Å². The molecule has 2 rings (SSSR count). The van der Waals surface area contributed by atoms with Crippen molar-refractivity contribution in [3.05, 3.63) is 59.7 Å². The van der Waals surface area contributed by atoms with Gasteiger partial charge in [-0.1, -0.05) is 30.3 Å². The monoisotopic (exact) mass is 338 g/mol. The SMILES string of the molecule is Cc1cnc(C[C@@H](CCOCc2ccccc2)S(=O)(=O)F)nc1. The van der Waals surface area contributed by atoms with E-state index in [2.05, 4.69) is 9.97 Å². The van der Waals surface area contributed by atoms with Gasteiger partial charge in [-0.15, -0.1) is 3.89 Å². The van der Waals surface area contributed by atoms with Crippen molar-refractivity contribution in [2.75, 3.05) is 6.61 Å². The number of rotatable bonds is 8. The molecular formula is C16H19FN2O3S. The van der Waals surface area contributed by atoms with Gasteiger partial charge in [0.15, 0.2) is 0 Å². The molecule has 0 saturated carbocycles. The molecule has 0 fully saturated rings. The zero-order chi connectivity index (χ0) is 16.7. The summed E-state index contributed by atoms with van der Waals surface area (Å²) in [6.07, 6.45) is 3.16. The molecule has 0 radical (unpaired) electrons. The number of nitrogens with zero attached hydrogens (tertiary/aromatic N) is 2. The number of ether oxygens (including phenoxy) is 1. The lowest BCUT2D eigenvalue weighted by atomic mass is 10.2. The van der Waals surface area contributed by atoms with Crippen molar-refractivity contribution in [1.82, 2.24) is 9.97 Å². The molecule has 0 bridgehead atoms. The summed E-state index contributed by atoms with van der Waals surface area (Å²) in [6, 6.07) is 9.49. The molecule has 1 atom stereocenters. The molecule has 23 heavy (non-hydrogen) atoms. The maximum atomic E-state index is 13.4. The molecule has 1 aromatic carbocycles. The van der Waals surface area contributed by atoms with Crippen molar-refractivity contribution in [2.45, 2.75) is 31.6 Å². The summed E-state index contributed by atoms with van der Waals surface area (Å²) in [7, 11) is -4.68. The maximum Gasteiger partial charge on any atom is 0.305 e. The summed E-state index contributed by atoms with van der Waals surface area (Å²) in [5, 5.41) is -1.19. The largest absolute Gasteiger partial charge is 0.377 e. The number of hydrogen-bond donors (Lipinski definition) is 0. The summed E-state index contributed by atoms with van der Waals surface area (Å²) in [5.74, 6) is 0.310. The minimum Gasteiger partial charge on any atom is -0.377 e. The maximum absolute atomic E-state index is 13.4. The Balaban J connectivity index is 1.88. The molecule has 0 N–H and O–H groups in total. The summed E-state index contributed by atoms with van der Waals surface area (Å²) in [6.45, 7) is 2.33. The Morgan fingerprint density at radius 2 is 1.83 bits per heavy atom. The number of aryl methyl sites for hydroxylation is 1. The zero-order valence-electron chi connectivity index (χ0n) is 12.9. The summed E-state index contributed by atoms with van der Waals surface area (Å²) in [4.78, 5) is 8.05. The van der Waals surface area contributed by atoms with Gasteiger partial charge in [-0.05, 0) is 24.5 Å². The van der Waals surface area contributed by atoms with E-state index < -0.39 is 15.5 Å². The van der Waals surface area contributed by atoms with Gasteiger partial charge >= 0.3 is 10.2 Å². The van der Waals surface area contributed by atoms with Crippen LogP contribution in [0.2, 0.25) is 0 Å². The predicted octanol–water partition coefficient (Wildman–Crippen LogP) is 2.60. The van der Waals surface area contributed by atoms with Gasteiger partial charge in [-0.25, -0.2) is 9.97 Å². The first-order valence-electron chi connectivity index (χ1n) is 7.28. The van der Waals surface area contributed by atoms with Gasteiger partial charge in [0.2, 0.25) is 0 Å². The quantitative estimate of drug-likeness (QED) is 0.547. The molecule has 0 saturated heterocycles. The molecule has 124 valence electrons. The second kappa shape index (κ2) is 8.12. The molecule has 0 aliphatic carbocycles. The van der Waals surface area contributed by atoms with Crippen molar-refractivity contribution in [3.63, 3.8) is 0 Å². The Morgan fingerprint density at radius 3 is 2.43 bits per heavy atom. The third-order valence-electron chi connectivity index (χ3n) is 3.34. The first kappa shape index (κ1) is 17.5. The van der Waals surface area contributed by atoms with Crippen LogP contribution < -0.4 is 0 Å². The standard InChI is InChI=1S/C16H19FN2O3S/c1-13-10-18-16(19-11-13)9-15(23(17,20)21)7-8-22-12-14-5-3-2-4-6-14/h2-6,10-11,15H,7-9,12H2,1H3/t15-/m1/s1. The van der Waals surface area contributed by atoms with E-state index in [0.717, 1.165) is 11.1 Å². The van der Waals surface area contributed by atoms with Gasteiger partial charge < -0.3 is 4.74 Å². The Kier molecular flexibility index (Phi) is 6.18. The van der Waals surface area contributed by atoms with Crippen LogP contribution in [0.4, 0.5) is 3.89 Å². The van der Waals surface area contributed by atoms with E-state index in [1.807, 2.05) is 37.3 Å². The van der Waals surface area contributed by atoms with E-state index in [4.69, 9.17) is 4.74 Å². The van der Waals surface area contributed by atoms with Crippen molar-refractivity contribution < 1.29 is 17.0 Å². The van der Waals surface area contributed by atoms with Crippen LogP contribution in [0, 0.1) is 6.92 Å². The molecule has 2 aromatic rings. The highest BCUT2D eigenvalue weighted by molar-refractivity contribution is 7.87. The van der Waals surface area contributed by atoms with Crippen molar-refractivity contribution in [1.29, 1.82) is 0 Å². The first-order valence-corrected chi connectivity index (χ1v) is 8.72. The Morgan fingerprint density at radius 1 is 1.17 bits per heavy atom. The second-order valence-corrected chi connectivity index (χ2v) is 6.92. The molecule has 0 aliphatic heterocycles. The van der Waals surface area contributed by atoms with E-state index >= 15 is 0 Å². The Bertz CT molecular complexity index is 706. The lowest BCUT2D eigenvalue weighted by Crippen LogP contribution is -2.23. The highest BCUT2D eigenvalue weighted by atomic mass is 32.3. The lowest BCUT2D eigenvalue weighted by molar-refractivity contribution is 0.117. The average molecular weight is 338 g/mol. The Hall–Kier alpha value is -1.86. The number of benzene rings is 1. The molecule has 5 nitrogen and oxygen atoms in total. The van der Waals surface area contributed by atoms with Gasteiger partial charge in [0.1, 0.15) is 11.1 Å². The summed E-state index contributed by atoms with van der Waals surface area (Å²) >= 11 is 0. The van der Waals surface area contributed by atoms with Gasteiger partial charge in [-0.2, -0.15) is 8.42 Å². The van der Waals surface area contributed by atoms with Crippen LogP contribution in [0.25, 0.3) is 0 Å². The van der Waals surface area contributed by atoms with Crippen LogP contribution in [0.5, 0.6) is 0 Å². The Labute approximate surface area is 135 Å². The number of hydrogen-bond acceptors (Lipinski definition) is 5. The fourth-order valence-corrected chi connectivity index (χ4v) is 2.78. The third kappa shape index (κ3) is 6.03. The van der Waals surface area contributed by atoms with E-state index in [1.54, 1.807) is 12.4 Å². The summed E-state index contributed by atoms with van der Waals surface area (Å²) in [5.41, 5.74) is 1.84. The lowest BCUT2D eigenvalue weighted by Gasteiger charge is -2.12. The zero-order valence-corrected chi connectivity index (χ0v) is 13.7. The number of halogens is 1. The first-order chi connectivity index (χ1) is 10.9. The molecule has 0 aliphatic rings. The third-order valence-corrected chi connectivity index (χ3v) is 4.54. The molecule has 0 amide bonds. The predicted molar refractivity (Wildman–Crippen MR) is 85.0 cm³/mol. The van der Waals surface area contributed by atoms with Crippen molar-refractivity contribution in [3.8, 4) is 0 Å². The van der Waals surface area contributed by atoms with Gasteiger partial charge in [0, 0.05) is 25.4 Å². The van der Waals surface area contributed by atoms with Crippen LogP contribution in [-0.4, -0.2) is 30.2 Å². The van der Waals surface area contributed by atoms with Crippen LogP contribution in [0.15, 0.2) is 42.7 Å². The molecule has 7 heteroatoms. The van der Waals surface area contributed by atoms with Crippen molar-refractivity contribution in [2.24, 2.45) is 0 Å². The van der Waals surface area contributed by atoms with Gasteiger partial charge in [-0.3, -0.25) is 0 Å².